The molecule has 2 atom stereocenters. The van der Waals surface area contributed by atoms with Gasteiger partial charge in [-0.15, -0.1) is 0 Å². The third kappa shape index (κ3) is 3.46. The number of nitrogens with zero attached hydrogens (tertiary/aromatic N) is 4. The van der Waals surface area contributed by atoms with Crippen LogP contribution in [0.2, 0.25) is 0 Å². The first-order valence-electron chi connectivity index (χ1n) is 10.1. The first-order valence-corrected chi connectivity index (χ1v) is 10.1. The Kier molecular flexibility index (Phi) is 4.35. The Balaban J connectivity index is 1.42. The molecule has 8 heteroatoms. The van der Waals surface area contributed by atoms with E-state index < -0.39 is 0 Å². The van der Waals surface area contributed by atoms with Crippen LogP contribution in [0.5, 0.6) is 0 Å². The number of carbonyl (C=O) groups excluding carboxylic acids is 1. The van der Waals surface area contributed by atoms with E-state index in [1.807, 2.05) is 50.6 Å². The van der Waals surface area contributed by atoms with Crippen molar-refractivity contribution in [1.82, 2.24) is 19.7 Å². The zero-order valence-electron chi connectivity index (χ0n) is 17.3. The average Bonchev–Trinajstić information content (AvgIpc) is 3.43. The molecule has 0 bridgehead atoms. The van der Waals surface area contributed by atoms with Crippen molar-refractivity contribution >= 4 is 34.0 Å². The SMILES string of the molecule is Cc1c(-c2cc(N)c3cnc(NC(=O)C4CC4c4cnn(C)c4)cc3c2)ccnc1N. The van der Waals surface area contributed by atoms with Crippen molar-refractivity contribution in [3.05, 3.63) is 60.2 Å². The maximum Gasteiger partial charge on any atom is 0.229 e. The first-order chi connectivity index (χ1) is 14.9. The number of rotatable bonds is 4. The Morgan fingerprint density at radius 3 is 2.81 bits per heavy atom. The number of pyridine rings is 2. The minimum Gasteiger partial charge on any atom is -0.398 e. The lowest BCUT2D eigenvalue weighted by atomic mass is 9.98. The minimum absolute atomic E-state index is 0.0254. The van der Waals surface area contributed by atoms with E-state index in [9.17, 15) is 4.79 Å². The van der Waals surface area contributed by atoms with Crippen LogP contribution in [0.25, 0.3) is 21.9 Å². The number of carbonyl (C=O) groups is 1. The van der Waals surface area contributed by atoms with E-state index in [0.29, 0.717) is 17.3 Å². The highest BCUT2D eigenvalue weighted by atomic mass is 16.2. The van der Waals surface area contributed by atoms with Crippen LogP contribution in [0.1, 0.15) is 23.5 Å². The topological polar surface area (TPSA) is 125 Å². The molecule has 0 saturated heterocycles. The molecule has 31 heavy (non-hydrogen) atoms. The van der Waals surface area contributed by atoms with Gasteiger partial charge < -0.3 is 16.8 Å². The molecule has 5 N–H and O–H groups in total. The molecule has 0 aliphatic heterocycles. The molecule has 1 fully saturated rings. The van der Waals surface area contributed by atoms with Gasteiger partial charge in [0.05, 0.1) is 6.20 Å². The van der Waals surface area contributed by atoms with Crippen molar-refractivity contribution < 1.29 is 4.79 Å². The number of nitrogens with two attached hydrogens (primary N) is 2. The predicted octanol–water partition coefficient (Wildman–Crippen LogP) is 3.25. The summed E-state index contributed by atoms with van der Waals surface area (Å²) in [5, 5.41) is 8.88. The molecular formula is C23H23N7O. The normalized spacial score (nSPS) is 17.6. The summed E-state index contributed by atoms with van der Waals surface area (Å²) in [6.45, 7) is 1.94. The zero-order chi connectivity index (χ0) is 21.7. The second-order valence-corrected chi connectivity index (χ2v) is 8.11. The lowest BCUT2D eigenvalue weighted by Gasteiger charge is -2.12. The van der Waals surface area contributed by atoms with Crippen LogP contribution < -0.4 is 16.8 Å². The third-order valence-corrected chi connectivity index (χ3v) is 5.95. The molecule has 8 nitrogen and oxygen atoms in total. The highest BCUT2D eigenvalue weighted by Crippen LogP contribution is 2.47. The van der Waals surface area contributed by atoms with Gasteiger partial charge in [-0.05, 0) is 71.2 Å². The number of hydrogen-bond acceptors (Lipinski definition) is 6. The van der Waals surface area contributed by atoms with Gasteiger partial charge in [0.15, 0.2) is 0 Å². The van der Waals surface area contributed by atoms with E-state index in [1.54, 1.807) is 17.1 Å². The monoisotopic (exact) mass is 413 g/mol. The Morgan fingerprint density at radius 2 is 2.03 bits per heavy atom. The van der Waals surface area contributed by atoms with Crippen molar-refractivity contribution in [3.8, 4) is 11.1 Å². The molecule has 1 saturated carbocycles. The van der Waals surface area contributed by atoms with Gasteiger partial charge in [0, 0.05) is 42.6 Å². The number of nitrogen functional groups attached to an aromatic ring is 2. The molecule has 156 valence electrons. The molecule has 1 aliphatic rings. The number of hydrogen-bond donors (Lipinski definition) is 3. The van der Waals surface area contributed by atoms with Crippen LogP contribution in [0, 0.1) is 12.8 Å². The maximum atomic E-state index is 12.7. The zero-order valence-corrected chi connectivity index (χ0v) is 17.3. The van der Waals surface area contributed by atoms with Crippen molar-refractivity contribution in [2.45, 2.75) is 19.3 Å². The molecule has 4 aromatic rings. The Hall–Kier alpha value is -3.94. The lowest BCUT2D eigenvalue weighted by molar-refractivity contribution is -0.117. The molecule has 5 rings (SSSR count). The van der Waals surface area contributed by atoms with Crippen LogP contribution in [-0.2, 0) is 11.8 Å². The number of aryl methyl sites for hydroxylation is 1. The number of nitrogens with one attached hydrogen (secondary N) is 1. The second kappa shape index (κ2) is 7.09. The summed E-state index contributed by atoms with van der Waals surface area (Å²) in [7, 11) is 1.88. The van der Waals surface area contributed by atoms with Crippen LogP contribution in [-0.4, -0.2) is 25.7 Å². The van der Waals surface area contributed by atoms with Crippen LogP contribution in [0.3, 0.4) is 0 Å². The molecular weight excluding hydrogens is 390 g/mol. The van der Waals surface area contributed by atoms with Crippen LogP contribution >= 0.6 is 0 Å². The third-order valence-electron chi connectivity index (χ3n) is 5.95. The van der Waals surface area contributed by atoms with Gasteiger partial charge in [-0.3, -0.25) is 9.48 Å². The van der Waals surface area contributed by atoms with Gasteiger partial charge in [0.25, 0.3) is 0 Å². The Bertz CT molecular complexity index is 1330. The van der Waals surface area contributed by atoms with E-state index in [4.69, 9.17) is 11.5 Å². The quantitative estimate of drug-likeness (QED) is 0.441. The second-order valence-electron chi connectivity index (χ2n) is 8.11. The lowest BCUT2D eigenvalue weighted by Crippen LogP contribution is -2.15. The summed E-state index contributed by atoms with van der Waals surface area (Å²) in [6, 6.07) is 7.71. The summed E-state index contributed by atoms with van der Waals surface area (Å²) in [5.74, 6) is 1.14. The Labute approximate surface area is 179 Å². The number of fused-ring (bicyclic) bond motifs is 1. The fourth-order valence-electron chi connectivity index (χ4n) is 4.08. The van der Waals surface area contributed by atoms with Crippen LogP contribution in [0.15, 0.2) is 49.1 Å². The molecule has 1 aromatic carbocycles. The largest absolute Gasteiger partial charge is 0.398 e. The fourth-order valence-corrected chi connectivity index (χ4v) is 4.08. The number of anilines is 3. The first kappa shape index (κ1) is 19.0. The van der Waals surface area contributed by atoms with E-state index in [2.05, 4.69) is 20.4 Å². The average molecular weight is 413 g/mol. The van der Waals surface area contributed by atoms with Gasteiger partial charge in [0.2, 0.25) is 5.91 Å². The summed E-state index contributed by atoms with van der Waals surface area (Å²) in [5.41, 5.74) is 16.8. The van der Waals surface area contributed by atoms with Crippen molar-refractivity contribution in [2.24, 2.45) is 13.0 Å². The molecule has 3 aromatic heterocycles. The van der Waals surface area contributed by atoms with Gasteiger partial charge in [-0.25, -0.2) is 9.97 Å². The predicted molar refractivity (Wildman–Crippen MR) is 121 cm³/mol. The van der Waals surface area contributed by atoms with E-state index in [0.717, 1.165) is 39.4 Å². The standard InChI is InChI=1S/C23H23N7O/c1-12-16(3-4-26-22(12)25)13-5-14-7-21(27-10-19(14)20(24)6-13)29-23(31)18-8-17(18)15-9-28-30(2)11-15/h3-7,9-11,17-18H,8,24H2,1-2H3,(H2,25,26)(H,27,29,31). The van der Waals surface area contributed by atoms with Crippen LogP contribution in [0.4, 0.5) is 17.3 Å². The number of aromatic nitrogens is 4. The van der Waals surface area contributed by atoms with Crippen molar-refractivity contribution in [1.29, 1.82) is 0 Å². The van der Waals surface area contributed by atoms with Crippen molar-refractivity contribution in [3.63, 3.8) is 0 Å². The van der Waals surface area contributed by atoms with E-state index in [-0.39, 0.29) is 17.7 Å². The molecule has 2 unspecified atom stereocenters. The number of amides is 1. The Morgan fingerprint density at radius 1 is 1.19 bits per heavy atom. The fraction of sp³-hybridized carbons (Fsp3) is 0.217. The molecule has 0 radical (unpaired) electrons. The summed E-state index contributed by atoms with van der Waals surface area (Å²) >= 11 is 0. The molecule has 1 amide bonds. The van der Waals surface area contributed by atoms with Gasteiger partial charge in [-0.1, -0.05) is 0 Å². The highest BCUT2D eigenvalue weighted by molar-refractivity contribution is 6.00. The minimum atomic E-state index is -0.0551. The van der Waals surface area contributed by atoms with Gasteiger partial charge in [-0.2, -0.15) is 5.10 Å². The van der Waals surface area contributed by atoms with Crippen molar-refractivity contribution in [2.75, 3.05) is 16.8 Å². The summed E-state index contributed by atoms with van der Waals surface area (Å²) in [4.78, 5) is 21.2. The van der Waals surface area contributed by atoms with Gasteiger partial charge in [0.1, 0.15) is 11.6 Å². The smallest absolute Gasteiger partial charge is 0.229 e. The highest BCUT2D eigenvalue weighted by Gasteiger charge is 2.44. The molecule has 3 heterocycles. The van der Waals surface area contributed by atoms with Gasteiger partial charge >= 0.3 is 0 Å². The van der Waals surface area contributed by atoms with E-state index >= 15 is 0 Å². The molecule has 1 aliphatic carbocycles. The van der Waals surface area contributed by atoms with E-state index in [1.165, 1.54) is 0 Å². The molecule has 0 spiro atoms. The summed E-state index contributed by atoms with van der Waals surface area (Å²) in [6.07, 6.45) is 7.99. The summed E-state index contributed by atoms with van der Waals surface area (Å²) < 4.78 is 1.76. The number of benzene rings is 1. The maximum absolute atomic E-state index is 12.7.